The largest absolute Gasteiger partial charge is 0.351 e. The van der Waals surface area contributed by atoms with Gasteiger partial charge in [-0.15, -0.1) is 0 Å². The summed E-state index contributed by atoms with van der Waals surface area (Å²) in [5.74, 6) is 0.146. The minimum atomic E-state index is 0.0272. The number of hydrogen-bond acceptors (Lipinski definition) is 2. The lowest BCUT2D eigenvalue weighted by molar-refractivity contribution is -0.122. The van der Waals surface area contributed by atoms with E-state index >= 15 is 0 Å². The number of nitrogens with one attached hydrogen (secondary N) is 2. The second kappa shape index (κ2) is 5.11. The van der Waals surface area contributed by atoms with Gasteiger partial charge in [0.1, 0.15) is 0 Å². The molecule has 0 radical (unpaired) electrons. The summed E-state index contributed by atoms with van der Waals surface area (Å²) in [7, 11) is 0. The lowest BCUT2D eigenvalue weighted by Crippen LogP contribution is -2.40. The first kappa shape index (κ1) is 11.7. The average Bonchev–Trinajstić information content (AvgIpc) is 3.05. The van der Waals surface area contributed by atoms with Gasteiger partial charge in [-0.3, -0.25) is 4.79 Å². The van der Waals surface area contributed by atoms with Gasteiger partial charge in [0.05, 0.1) is 6.04 Å². The predicted octanol–water partition coefficient (Wildman–Crippen LogP) is 1.54. The summed E-state index contributed by atoms with van der Waals surface area (Å²) in [5, 5.41) is 6.25. The van der Waals surface area contributed by atoms with Crippen LogP contribution in [0.5, 0.6) is 0 Å². The molecule has 3 heteroatoms. The summed E-state index contributed by atoms with van der Waals surface area (Å²) in [6.45, 7) is 1.63. The normalized spacial score (nSPS) is 21.9. The molecule has 0 aromatic heterocycles. The summed E-state index contributed by atoms with van der Waals surface area (Å²) in [5.41, 5.74) is 4.19. The molecule has 0 bridgehead atoms. The molecule has 1 atom stereocenters. The Bertz CT molecular complexity index is 450. The molecule has 1 aliphatic heterocycles. The summed E-state index contributed by atoms with van der Waals surface area (Å²) < 4.78 is 0. The van der Waals surface area contributed by atoms with Gasteiger partial charge < -0.3 is 10.6 Å². The third-order valence-electron chi connectivity index (χ3n) is 4.01. The quantitative estimate of drug-likeness (QED) is 0.847. The predicted molar refractivity (Wildman–Crippen MR) is 71.3 cm³/mol. The fourth-order valence-electron chi connectivity index (χ4n) is 2.96. The Balaban J connectivity index is 1.58. The molecule has 1 amide bonds. The minimum absolute atomic E-state index is 0.0272. The van der Waals surface area contributed by atoms with E-state index < -0.39 is 0 Å². The molecule has 2 aliphatic rings. The fourth-order valence-corrected chi connectivity index (χ4v) is 2.96. The second-order valence-corrected chi connectivity index (χ2v) is 5.32. The van der Waals surface area contributed by atoms with E-state index in [1.165, 1.54) is 36.0 Å². The Kier molecular flexibility index (Phi) is 3.33. The Morgan fingerprint density at radius 2 is 2.17 bits per heavy atom. The van der Waals surface area contributed by atoms with Crippen molar-refractivity contribution in [3.05, 3.63) is 34.9 Å². The smallest absolute Gasteiger partial charge is 0.237 e. The van der Waals surface area contributed by atoms with Gasteiger partial charge in [0.15, 0.2) is 0 Å². The minimum Gasteiger partial charge on any atom is -0.351 e. The second-order valence-electron chi connectivity index (χ2n) is 5.32. The van der Waals surface area contributed by atoms with Crippen LogP contribution in [-0.2, 0) is 24.2 Å². The van der Waals surface area contributed by atoms with Crippen LogP contribution >= 0.6 is 0 Å². The van der Waals surface area contributed by atoms with Crippen molar-refractivity contribution in [2.24, 2.45) is 0 Å². The standard InChI is InChI=1S/C15H20N2O/c18-15(14-5-2-8-16-14)17-10-11-6-7-12-3-1-4-13(12)9-11/h6-7,9,14,16H,1-5,8,10H2,(H,17,18). The number of carbonyl (C=O) groups excluding carboxylic acids is 1. The van der Waals surface area contributed by atoms with Crippen molar-refractivity contribution in [3.8, 4) is 0 Å². The Morgan fingerprint density at radius 3 is 3.00 bits per heavy atom. The number of aryl methyl sites for hydroxylation is 2. The molecule has 1 saturated heterocycles. The molecule has 3 rings (SSSR count). The first-order valence-corrected chi connectivity index (χ1v) is 6.95. The molecule has 1 fully saturated rings. The van der Waals surface area contributed by atoms with Crippen LogP contribution in [0.4, 0.5) is 0 Å². The zero-order valence-electron chi connectivity index (χ0n) is 10.7. The molecule has 1 aliphatic carbocycles. The number of fused-ring (bicyclic) bond motifs is 1. The summed E-state index contributed by atoms with van der Waals surface area (Å²) in [4.78, 5) is 11.9. The van der Waals surface area contributed by atoms with Crippen molar-refractivity contribution in [2.75, 3.05) is 6.54 Å². The molecule has 0 saturated carbocycles. The van der Waals surface area contributed by atoms with Gasteiger partial charge in [0.2, 0.25) is 5.91 Å². The number of carbonyl (C=O) groups is 1. The van der Waals surface area contributed by atoms with E-state index in [1.807, 2.05) is 0 Å². The highest BCUT2D eigenvalue weighted by atomic mass is 16.2. The molecule has 1 aromatic rings. The Labute approximate surface area is 108 Å². The fraction of sp³-hybridized carbons (Fsp3) is 0.533. The number of rotatable bonds is 3. The van der Waals surface area contributed by atoms with Crippen molar-refractivity contribution in [1.29, 1.82) is 0 Å². The highest BCUT2D eigenvalue weighted by Gasteiger charge is 2.21. The molecule has 1 unspecified atom stereocenters. The van der Waals surface area contributed by atoms with Gasteiger partial charge in [-0.25, -0.2) is 0 Å². The summed E-state index contributed by atoms with van der Waals surface area (Å²) in [6.07, 6.45) is 5.76. The number of benzene rings is 1. The first-order chi connectivity index (χ1) is 8.83. The molecule has 18 heavy (non-hydrogen) atoms. The highest BCUT2D eigenvalue weighted by molar-refractivity contribution is 5.81. The lowest BCUT2D eigenvalue weighted by Gasteiger charge is -2.11. The van der Waals surface area contributed by atoms with Crippen molar-refractivity contribution in [2.45, 2.75) is 44.7 Å². The monoisotopic (exact) mass is 244 g/mol. The van der Waals surface area contributed by atoms with Crippen LogP contribution in [0.15, 0.2) is 18.2 Å². The van der Waals surface area contributed by atoms with E-state index in [4.69, 9.17) is 0 Å². The molecule has 1 aromatic carbocycles. The number of hydrogen-bond donors (Lipinski definition) is 2. The molecule has 96 valence electrons. The van der Waals surface area contributed by atoms with E-state index in [1.54, 1.807) is 0 Å². The van der Waals surface area contributed by atoms with E-state index in [9.17, 15) is 4.79 Å². The molecule has 2 N–H and O–H groups in total. The average molecular weight is 244 g/mol. The number of amides is 1. The zero-order chi connectivity index (χ0) is 12.4. The molecule has 3 nitrogen and oxygen atoms in total. The van der Waals surface area contributed by atoms with Gasteiger partial charge in [-0.2, -0.15) is 0 Å². The molecule has 1 heterocycles. The van der Waals surface area contributed by atoms with Gasteiger partial charge in [0, 0.05) is 6.54 Å². The molecular formula is C15H20N2O. The molecule has 0 spiro atoms. The van der Waals surface area contributed by atoms with Gasteiger partial charge in [-0.1, -0.05) is 18.2 Å². The van der Waals surface area contributed by atoms with Crippen LogP contribution in [0.3, 0.4) is 0 Å². The first-order valence-electron chi connectivity index (χ1n) is 6.95. The maximum atomic E-state index is 11.9. The van der Waals surface area contributed by atoms with Crippen LogP contribution < -0.4 is 10.6 Å². The SMILES string of the molecule is O=C(NCc1ccc2c(c1)CCC2)C1CCCN1. The third-order valence-corrected chi connectivity index (χ3v) is 4.01. The van der Waals surface area contributed by atoms with Crippen molar-refractivity contribution >= 4 is 5.91 Å². The highest BCUT2D eigenvalue weighted by Crippen LogP contribution is 2.22. The van der Waals surface area contributed by atoms with Gasteiger partial charge in [0.25, 0.3) is 0 Å². The van der Waals surface area contributed by atoms with Gasteiger partial charge in [-0.05, 0) is 55.3 Å². The maximum Gasteiger partial charge on any atom is 0.237 e. The van der Waals surface area contributed by atoms with Crippen molar-refractivity contribution in [3.63, 3.8) is 0 Å². The van der Waals surface area contributed by atoms with Crippen LogP contribution in [0.25, 0.3) is 0 Å². The molecular weight excluding hydrogens is 224 g/mol. The Morgan fingerprint density at radius 1 is 1.28 bits per heavy atom. The lowest BCUT2D eigenvalue weighted by atomic mass is 10.1. The van der Waals surface area contributed by atoms with Crippen LogP contribution in [0.2, 0.25) is 0 Å². The Hall–Kier alpha value is -1.35. The van der Waals surface area contributed by atoms with E-state index in [2.05, 4.69) is 28.8 Å². The van der Waals surface area contributed by atoms with Crippen LogP contribution in [0.1, 0.15) is 36.0 Å². The summed E-state index contributed by atoms with van der Waals surface area (Å²) >= 11 is 0. The summed E-state index contributed by atoms with van der Waals surface area (Å²) in [6, 6.07) is 6.65. The van der Waals surface area contributed by atoms with Gasteiger partial charge >= 0.3 is 0 Å². The van der Waals surface area contributed by atoms with E-state index in [0.29, 0.717) is 6.54 Å². The zero-order valence-corrected chi connectivity index (χ0v) is 10.7. The van der Waals surface area contributed by atoms with E-state index in [0.717, 1.165) is 19.4 Å². The van der Waals surface area contributed by atoms with Crippen molar-refractivity contribution in [1.82, 2.24) is 10.6 Å². The maximum absolute atomic E-state index is 11.9. The van der Waals surface area contributed by atoms with Crippen LogP contribution in [-0.4, -0.2) is 18.5 Å². The topological polar surface area (TPSA) is 41.1 Å². The third kappa shape index (κ3) is 2.41. The van der Waals surface area contributed by atoms with Crippen molar-refractivity contribution < 1.29 is 4.79 Å². The van der Waals surface area contributed by atoms with Crippen LogP contribution in [0, 0.1) is 0 Å². The van der Waals surface area contributed by atoms with E-state index in [-0.39, 0.29) is 11.9 Å².